The van der Waals surface area contributed by atoms with Crippen LogP contribution in [0.3, 0.4) is 0 Å². The Balaban J connectivity index is 2.03. The molecule has 0 aromatic heterocycles. The number of hydrogen-bond acceptors (Lipinski definition) is 1. The van der Waals surface area contributed by atoms with Crippen LogP contribution in [0, 0.1) is 0 Å². The second kappa shape index (κ2) is 6.61. The highest BCUT2D eigenvalue weighted by atomic mass is 14.8. The SMILES string of the molecule is CCCCc1ccc(C2=CCCNCC2)cc1. The van der Waals surface area contributed by atoms with Crippen LogP contribution in [0.25, 0.3) is 5.57 Å². The summed E-state index contributed by atoms with van der Waals surface area (Å²) in [5, 5.41) is 3.43. The maximum atomic E-state index is 3.43. The minimum absolute atomic E-state index is 1.11. The summed E-state index contributed by atoms with van der Waals surface area (Å²) in [5.74, 6) is 0. The standard InChI is InChI=1S/C16H23N/c1-2-3-5-14-7-9-16(10-8-14)15-6-4-12-17-13-11-15/h6-10,17H,2-5,11-13H2,1H3. The van der Waals surface area contributed by atoms with Gasteiger partial charge in [0.15, 0.2) is 0 Å². The van der Waals surface area contributed by atoms with Crippen molar-refractivity contribution in [2.75, 3.05) is 13.1 Å². The number of aryl methyl sites for hydroxylation is 1. The van der Waals surface area contributed by atoms with Crippen molar-refractivity contribution < 1.29 is 0 Å². The Kier molecular flexibility index (Phi) is 4.81. The van der Waals surface area contributed by atoms with E-state index in [-0.39, 0.29) is 0 Å². The third-order valence-corrected chi connectivity index (χ3v) is 3.43. The molecule has 1 aromatic carbocycles. The van der Waals surface area contributed by atoms with Gasteiger partial charge in [0.05, 0.1) is 0 Å². The van der Waals surface area contributed by atoms with Gasteiger partial charge in [-0.15, -0.1) is 0 Å². The largest absolute Gasteiger partial charge is 0.316 e. The van der Waals surface area contributed by atoms with E-state index >= 15 is 0 Å². The molecule has 0 bridgehead atoms. The predicted octanol–water partition coefficient (Wildman–Crippen LogP) is 3.80. The maximum absolute atomic E-state index is 3.43. The van der Waals surface area contributed by atoms with Crippen molar-refractivity contribution in [3.63, 3.8) is 0 Å². The molecule has 0 amide bonds. The lowest BCUT2D eigenvalue weighted by molar-refractivity contribution is 0.718. The van der Waals surface area contributed by atoms with Crippen molar-refractivity contribution in [2.24, 2.45) is 0 Å². The summed E-state index contributed by atoms with van der Waals surface area (Å²) < 4.78 is 0. The van der Waals surface area contributed by atoms with Gasteiger partial charge in [-0.25, -0.2) is 0 Å². The van der Waals surface area contributed by atoms with Crippen molar-refractivity contribution >= 4 is 5.57 Å². The van der Waals surface area contributed by atoms with Crippen LogP contribution in [0.1, 0.15) is 43.7 Å². The number of benzene rings is 1. The Morgan fingerprint density at radius 3 is 2.71 bits per heavy atom. The molecule has 1 aliphatic rings. The molecule has 0 aliphatic carbocycles. The molecule has 1 heterocycles. The molecule has 0 saturated heterocycles. The van der Waals surface area contributed by atoms with Gasteiger partial charge in [0, 0.05) is 0 Å². The van der Waals surface area contributed by atoms with Gasteiger partial charge in [0.2, 0.25) is 0 Å². The first-order chi connectivity index (χ1) is 8.40. The van der Waals surface area contributed by atoms with Crippen molar-refractivity contribution in [2.45, 2.75) is 39.0 Å². The minimum atomic E-state index is 1.11. The first-order valence-electron chi connectivity index (χ1n) is 6.89. The summed E-state index contributed by atoms with van der Waals surface area (Å²) in [6.45, 7) is 4.49. The molecule has 1 heteroatoms. The summed E-state index contributed by atoms with van der Waals surface area (Å²) in [5.41, 5.74) is 4.40. The van der Waals surface area contributed by atoms with Crippen LogP contribution in [0.4, 0.5) is 0 Å². The molecule has 0 unspecified atom stereocenters. The summed E-state index contributed by atoms with van der Waals surface area (Å²) in [6, 6.07) is 9.18. The normalized spacial score (nSPS) is 16.4. The van der Waals surface area contributed by atoms with Crippen LogP contribution in [0.15, 0.2) is 30.3 Å². The van der Waals surface area contributed by atoms with Gasteiger partial charge in [0.1, 0.15) is 0 Å². The van der Waals surface area contributed by atoms with Crippen LogP contribution >= 0.6 is 0 Å². The summed E-state index contributed by atoms with van der Waals surface area (Å²) in [7, 11) is 0. The topological polar surface area (TPSA) is 12.0 Å². The van der Waals surface area contributed by atoms with Crippen LogP contribution in [0.2, 0.25) is 0 Å². The molecule has 17 heavy (non-hydrogen) atoms. The highest BCUT2D eigenvalue weighted by Gasteiger charge is 2.04. The van der Waals surface area contributed by atoms with Crippen LogP contribution in [0.5, 0.6) is 0 Å². The number of unbranched alkanes of at least 4 members (excludes halogenated alkanes) is 1. The van der Waals surface area contributed by atoms with E-state index in [2.05, 4.69) is 42.6 Å². The van der Waals surface area contributed by atoms with Crippen LogP contribution in [-0.4, -0.2) is 13.1 Å². The van der Waals surface area contributed by atoms with E-state index in [1.54, 1.807) is 0 Å². The molecular formula is C16H23N. The Bertz CT molecular complexity index is 362. The molecule has 0 radical (unpaired) electrons. The van der Waals surface area contributed by atoms with Crippen molar-refractivity contribution in [1.82, 2.24) is 5.32 Å². The van der Waals surface area contributed by atoms with E-state index in [9.17, 15) is 0 Å². The van der Waals surface area contributed by atoms with Gasteiger partial charge in [0.25, 0.3) is 0 Å². The fraction of sp³-hybridized carbons (Fsp3) is 0.500. The van der Waals surface area contributed by atoms with Gasteiger partial charge in [-0.3, -0.25) is 0 Å². The lowest BCUT2D eigenvalue weighted by Gasteiger charge is -2.07. The van der Waals surface area contributed by atoms with E-state index in [4.69, 9.17) is 0 Å². The third-order valence-electron chi connectivity index (χ3n) is 3.43. The minimum Gasteiger partial charge on any atom is -0.316 e. The van der Waals surface area contributed by atoms with Crippen molar-refractivity contribution in [3.8, 4) is 0 Å². The second-order valence-corrected chi connectivity index (χ2v) is 4.82. The molecule has 1 nitrogen and oxygen atoms in total. The third kappa shape index (κ3) is 3.71. The number of hydrogen-bond donors (Lipinski definition) is 1. The zero-order valence-corrected chi connectivity index (χ0v) is 10.8. The highest BCUT2D eigenvalue weighted by Crippen LogP contribution is 2.20. The van der Waals surface area contributed by atoms with E-state index in [1.165, 1.54) is 36.0 Å². The quantitative estimate of drug-likeness (QED) is 0.828. The lowest BCUT2D eigenvalue weighted by atomic mass is 9.99. The van der Waals surface area contributed by atoms with Gasteiger partial charge >= 0.3 is 0 Å². The molecule has 1 N–H and O–H groups in total. The van der Waals surface area contributed by atoms with E-state index in [0.717, 1.165) is 25.9 Å². The Hall–Kier alpha value is -1.08. The Labute approximate surface area is 105 Å². The fourth-order valence-electron chi connectivity index (χ4n) is 2.33. The van der Waals surface area contributed by atoms with Crippen molar-refractivity contribution in [1.29, 1.82) is 0 Å². The van der Waals surface area contributed by atoms with E-state index < -0.39 is 0 Å². The Morgan fingerprint density at radius 2 is 1.94 bits per heavy atom. The van der Waals surface area contributed by atoms with E-state index in [0.29, 0.717) is 0 Å². The molecule has 0 saturated carbocycles. The smallest absolute Gasteiger partial charge is 0.000812 e. The number of rotatable bonds is 4. The van der Waals surface area contributed by atoms with Gasteiger partial charge in [-0.2, -0.15) is 0 Å². The fourth-order valence-corrected chi connectivity index (χ4v) is 2.33. The highest BCUT2D eigenvalue weighted by molar-refractivity contribution is 5.66. The molecule has 2 rings (SSSR count). The average Bonchev–Trinajstić information content (AvgIpc) is 2.66. The average molecular weight is 229 g/mol. The molecule has 0 atom stereocenters. The monoisotopic (exact) mass is 229 g/mol. The lowest BCUT2D eigenvalue weighted by Crippen LogP contribution is -2.13. The van der Waals surface area contributed by atoms with Gasteiger partial charge < -0.3 is 5.32 Å². The predicted molar refractivity (Wildman–Crippen MR) is 75.1 cm³/mol. The molecule has 1 aromatic rings. The van der Waals surface area contributed by atoms with Gasteiger partial charge in [-0.05, 0) is 55.5 Å². The second-order valence-electron chi connectivity index (χ2n) is 4.82. The zero-order chi connectivity index (χ0) is 11.9. The number of nitrogens with one attached hydrogen (secondary N) is 1. The van der Waals surface area contributed by atoms with Crippen LogP contribution in [-0.2, 0) is 6.42 Å². The molecule has 0 fully saturated rings. The van der Waals surface area contributed by atoms with E-state index in [1.807, 2.05) is 0 Å². The molecular weight excluding hydrogens is 206 g/mol. The first kappa shape index (κ1) is 12.4. The summed E-state index contributed by atoms with van der Waals surface area (Å²) >= 11 is 0. The molecule has 1 aliphatic heterocycles. The van der Waals surface area contributed by atoms with Gasteiger partial charge in [-0.1, -0.05) is 43.7 Å². The maximum Gasteiger partial charge on any atom is -0.000812 e. The first-order valence-corrected chi connectivity index (χ1v) is 6.89. The Morgan fingerprint density at radius 1 is 1.12 bits per heavy atom. The molecule has 92 valence electrons. The zero-order valence-electron chi connectivity index (χ0n) is 10.8. The molecule has 0 spiro atoms. The van der Waals surface area contributed by atoms with Crippen molar-refractivity contribution in [3.05, 3.63) is 41.5 Å². The summed E-state index contributed by atoms with van der Waals surface area (Å²) in [4.78, 5) is 0. The van der Waals surface area contributed by atoms with Crippen LogP contribution < -0.4 is 5.32 Å². The summed E-state index contributed by atoms with van der Waals surface area (Å²) in [6.07, 6.45) is 8.50.